The number of carbonyl (C=O) groups is 1. The van der Waals surface area contributed by atoms with E-state index in [0.29, 0.717) is 34.7 Å². The fourth-order valence-electron chi connectivity index (χ4n) is 9.51. The largest absolute Gasteiger partial charge is 0.478 e. The van der Waals surface area contributed by atoms with E-state index in [0.717, 1.165) is 37.8 Å². The summed E-state index contributed by atoms with van der Waals surface area (Å²) >= 11 is 0. The lowest BCUT2D eigenvalue weighted by molar-refractivity contribution is -0.132. The van der Waals surface area contributed by atoms with Gasteiger partial charge in [0.1, 0.15) is 0 Å². The van der Waals surface area contributed by atoms with Crippen LogP contribution >= 0.6 is 0 Å². The molecule has 0 amide bonds. The van der Waals surface area contributed by atoms with Crippen LogP contribution in [-0.2, 0) is 4.79 Å². The van der Waals surface area contributed by atoms with Crippen molar-refractivity contribution in [1.82, 2.24) is 0 Å². The van der Waals surface area contributed by atoms with Crippen molar-refractivity contribution in [1.29, 1.82) is 0 Å². The minimum absolute atomic E-state index is 0.0558. The topological polar surface area (TPSA) is 69.9 Å². The number of nitrogens with zero attached hydrogens (tertiary/aromatic N) is 1. The Morgan fingerprint density at radius 1 is 1.18 bits per heavy atom. The molecule has 0 aromatic rings. The standard InChI is InChI=1S/C30H47NO3/c1-19(9-8-10-20(2)26(32)33)21-13-17-30(7)23-11-12-24-27(3,4)25(31-34)15-16-28(24,5)22(23)14-18-29(21,30)6/h10-11,19,21-22,24,34H,8-9,12-18H2,1-7H3,(H,32,33)/b20-10-,31-25+/t19-,21-,22-,24+,28-,29+,30-/m1/s1. The summed E-state index contributed by atoms with van der Waals surface area (Å²) in [5.74, 6) is 1.66. The number of oxime groups is 1. The average molecular weight is 470 g/mol. The molecule has 4 rings (SSSR count). The van der Waals surface area contributed by atoms with Crippen LogP contribution < -0.4 is 0 Å². The first-order valence-corrected chi connectivity index (χ1v) is 13.6. The summed E-state index contributed by atoms with van der Waals surface area (Å²) in [6, 6.07) is 0. The van der Waals surface area contributed by atoms with Crippen LogP contribution in [0.5, 0.6) is 0 Å². The Bertz CT molecular complexity index is 929. The fraction of sp³-hybridized carbons (Fsp3) is 0.800. The second-order valence-corrected chi connectivity index (χ2v) is 13.5. The lowest BCUT2D eigenvalue weighted by Crippen LogP contribution is -2.57. The summed E-state index contributed by atoms with van der Waals surface area (Å²) in [7, 11) is 0. The number of hydrogen-bond acceptors (Lipinski definition) is 3. The number of fused-ring (bicyclic) bond motifs is 5. The maximum atomic E-state index is 11.2. The normalized spacial score (nSPS) is 43.5. The lowest BCUT2D eigenvalue weighted by Gasteiger charge is -2.63. The first kappa shape index (κ1) is 25.5. The van der Waals surface area contributed by atoms with E-state index in [2.05, 4.69) is 52.8 Å². The molecule has 4 aliphatic rings. The summed E-state index contributed by atoms with van der Waals surface area (Å²) in [4.78, 5) is 11.2. The predicted octanol–water partition coefficient (Wildman–Crippen LogP) is 7.87. The molecule has 0 unspecified atom stereocenters. The van der Waals surface area contributed by atoms with E-state index in [4.69, 9.17) is 5.11 Å². The molecule has 0 aromatic carbocycles. The highest BCUT2D eigenvalue weighted by atomic mass is 16.4. The second kappa shape index (κ2) is 8.52. The van der Waals surface area contributed by atoms with Crippen LogP contribution in [0.2, 0.25) is 0 Å². The average Bonchev–Trinajstić information content (AvgIpc) is 3.04. The molecule has 4 aliphatic carbocycles. The predicted molar refractivity (Wildman–Crippen MR) is 138 cm³/mol. The summed E-state index contributed by atoms with van der Waals surface area (Å²) in [5, 5.41) is 22.6. The number of hydrogen-bond donors (Lipinski definition) is 2. The van der Waals surface area contributed by atoms with Crippen LogP contribution in [0.3, 0.4) is 0 Å². The summed E-state index contributed by atoms with van der Waals surface area (Å²) in [5.41, 5.74) is 3.98. The Labute approximate surface area is 207 Å². The molecule has 190 valence electrons. The number of carboxylic acids is 1. The van der Waals surface area contributed by atoms with Crippen molar-refractivity contribution in [3.63, 3.8) is 0 Å². The second-order valence-electron chi connectivity index (χ2n) is 13.5. The Balaban J connectivity index is 1.59. The monoisotopic (exact) mass is 469 g/mol. The molecule has 4 nitrogen and oxygen atoms in total. The smallest absolute Gasteiger partial charge is 0.330 e. The van der Waals surface area contributed by atoms with Gasteiger partial charge in [-0.25, -0.2) is 4.79 Å². The van der Waals surface area contributed by atoms with Gasteiger partial charge in [-0.3, -0.25) is 0 Å². The van der Waals surface area contributed by atoms with E-state index in [1.54, 1.807) is 12.5 Å². The maximum absolute atomic E-state index is 11.2. The van der Waals surface area contributed by atoms with E-state index in [1.807, 2.05) is 6.08 Å². The molecule has 7 atom stereocenters. The molecule has 0 heterocycles. The SMILES string of the molecule is C/C(=C/CC[C@@H](C)[C@H]1CC[C@]2(C)C3=CC[C@H]4C(C)(C)/C(=N/O)CC[C@]4(C)[C@@H]3CC[C@@]12C)C(=O)O. The molecular formula is C30H47NO3. The van der Waals surface area contributed by atoms with Crippen molar-refractivity contribution in [3.8, 4) is 0 Å². The van der Waals surface area contributed by atoms with Gasteiger partial charge in [-0.2, -0.15) is 0 Å². The van der Waals surface area contributed by atoms with Crippen LogP contribution in [0.15, 0.2) is 28.5 Å². The minimum atomic E-state index is -0.800. The molecule has 4 heteroatoms. The number of carboxylic acid groups (broad SMARTS) is 1. The minimum Gasteiger partial charge on any atom is -0.478 e. The van der Waals surface area contributed by atoms with Crippen molar-refractivity contribution >= 4 is 11.7 Å². The molecule has 0 saturated heterocycles. The van der Waals surface area contributed by atoms with Gasteiger partial charge in [-0.1, -0.05) is 64.4 Å². The third kappa shape index (κ3) is 3.53. The molecule has 0 radical (unpaired) electrons. The Morgan fingerprint density at radius 2 is 1.88 bits per heavy atom. The molecule has 0 aliphatic heterocycles. The van der Waals surface area contributed by atoms with Crippen molar-refractivity contribution < 1.29 is 15.1 Å². The quantitative estimate of drug-likeness (QED) is 0.186. The summed E-state index contributed by atoms with van der Waals surface area (Å²) in [6.45, 7) is 16.4. The van der Waals surface area contributed by atoms with Crippen molar-refractivity contribution in [3.05, 3.63) is 23.3 Å². The summed E-state index contributed by atoms with van der Waals surface area (Å²) < 4.78 is 0. The van der Waals surface area contributed by atoms with Gasteiger partial charge in [-0.15, -0.1) is 0 Å². The zero-order chi connectivity index (χ0) is 25.1. The van der Waals surface area contributed by atoms with Crippen molar-refractivity contribution in [2.45, 2.75) is 106 Å². The third-order valence-corrected chi connectivity index (χ3v) is 11.9. The molecule has 3 saturated carbocycles. The zero-order valence-corrected chi connectivity index (χ0v) is 22.6. The first-order chi connectivity index (χ1) is 15.8. The highest BCUT2D eigenvalue weighted by Crippen LogP contribution is 2.73. The molecule has 0 aromatic heterocycles. The third-order valence-electron chi connectivity index (χ3n) is 11.9. The fourth-order valence-corrected chi connectivity index (χ4v) is 9.51. The van der Waals surface area contributed by atoms with Crippen LogP contribution in [0, 0.1) is 45.3 Å². The molecule has 2 N–H and O–H groups in total. The van der Waals surface area contributed by atoms with Gasteiger partial charge in [0.25, 0.3) is 0 Å². The van der Waals surface area contributed by atoms with Gasteiger partial charge in [0, 0.05) is 11.0 Å². The number of rotatable bonds is 5. The molecule has 0 spiro atoms. The highest BCUT2D eigenvalue weighted by Gasteiger charge is 2.65. The van der Waals surface area contributed by atoms with Crippen LogP contribution in [0.1, 0.15) is 106 Å². The summed E-state index contributed by atoms with van der Waals surface area (Å²) in [6.07, 6.45) is 14.7. The van der Waals surface area contributed by atoms with Crippen LogP contribution in [0.4, 0.5) is 0 Å². The maximum Gasteiger partial charge on any atom is 0.330 e. The van der Waals surface area contributed by atoms with E-state index in [9.17, 15) is 10.0 Å². The van der Waals surface area contributed by atoms with Crippen molar-refractivity contribution in [2.75, 3.05) is 0 Å². The Kier molecular flexibility index (Phi) is 6.39. The van der Waals surface area contributed by atoms with E-state index < -0.39 is 5.97 Å². The van der Waals surface area contributed by atoms with E-state index in [-0.39, 0.29) is 16.2 Å². The Hall–Kier alpha value is -1.58. The van der Waals surface area contributed by atoms with Gasteiger partial charge >= 0.3 is 5.97 Å². The van der Waals surface area contributed by atoms with Crippen molar-refractivity contribution in [2.24, 2.45) is 50.5 Å². The van der Waals surface area contributed by atoms with Crippen LogP contribution in [0.25, 0.3) is 0 Å². The Morgan fingerprint density at radius 3 is 2.53 bits per heavy atom. The molecule has 0 bridgehead atoms. The van der Waals surface area contributed by atoms with E-state index >= 15 is 0 Å². The van der Waals surface area contributed by atoms with Gasteiger partial charge in [0.15, 0.2) is 0 Å². The molecule has 3 fully saturated rings. The highest BCUT2D eigenvalue weighted by molar-refractivity contribution is 5.90. The zero-order valence-electron chi connectivity index (χ0n) is 22.6. The van der Waals surface area contributed by atoms with Gasteiger partial charge < -0.3 is 10.3 Å². The number of allylic oxidation sites excluding steroid dienone is 3. The lowest BCUT2D eigenvalue weighted by atomic mass is 9.41. The first-order valence-electron chi connectivity index (χ1n) is 13.6. The molecule has 34 heavy (non-hydrogen) atoms. The molecular weight excluding hydrogens is 422 g/mol. The van der Waals surface area contributed by atoms with E-state index in [1.165, 1.54) is 25.7 Å². The van der Waals surface area contributed by atoms with Gasteiger partial charge in [0.2, 0.25) is 0 Å². The number of aliphatic carboxylic acids is 1. The van der Waals surface area contributed by atoms with Crippen LogP contribution in [-0.4, -0.2) is 22.0 Å². The van der Waals surface area contributed by atoms with Gasteiger partial charge in [-0.05, 0) is 105 Å². The van der Waals surface area contributed by atoms with Gasteiger partial charge in [0.05, 0.1) is 5.71 Å².